The largest absolute Gasteiger partial charge is 0.381 e. The summed E-state index contributed by atoms with van der Waals surface area (Å²) in [5.41, 5.74) is 0. The molecule has 0 aliphatic carbocycles. The SMILES string of the molecule is CC1COC(C2CCOCC2)N1.Cl. The highest BCUT2D eigenvalue weighted by Gasteiger charge is 2.29. The van der Waals surface area contributed by atoms with Gasteiger partial charge in [-0.15, -0.1) is 12.4 Å². The number of rotatable bonds is 1. The lowest BCUT2D eigenvalue weighted by molar-refractivity contribution is -0.0126. The van der Waals surface area contributed by atoms with Crippen LogP contribution in [0.3, 0.4) is 0 Å². The Morgan fingerprint density at radius 1 is 1.23 bits per heavy atom. The predicted octanol–water partition coefficient (Wildman–Crippen LogP) is 1.17. The molecule has 2 saturated heterocycles. The van der Waals surface area contributed by atoms with Gasteiger partial charge in [-0.3, -0.25) is 5.32 Å². The van der Waals surface area contributed by atoms with Crippen LogP contribution in [0, 0.1) is 5.92 Å². The highest BCUT2D eigenvalue weighted by molar-refractivity contribution is 5.85. The topological polar surface area (TPSA) is 30.5 Å². The van der Waals surface area contributed by atoms with Gasteiger partial charge in [0.05, 0.1) is 6.61 Å². The minimum absolute atomic E-state index is 0. The summed E-state index contributed by atoms with van der Waals surface area (Å²) < 4.78 is 10.9. The average Bonchev–Trinajstić information content (AvgIpc) is 2.54. The molecule has 3 nitrogen and oxygen atoms in total. The molecule has 0 radical (unpaired) electrons. The van der Waals surface area contributed by atoms with E-state index in [9.17, 15) is 0 Å². The van der Waals surface area contributed by atoms with E-state index in [1.807, 2.05) is 0 Å². The van der Waals surface area contributed by atoms with Crippen LogP contribution in [0.4, 0.5) is 0 Å². The summed E-state index contributed by atoms with van der Waals surface area (Å²) in [6.45, 7) is 4.84. The Labute approximate surface area is 85.6 Å². The summed E-state index contributed by atoms with van der Waals surface area (Å²) in [4.78, 5) is 0. The van der Waals surface area contributed by atoms with Crippen LogP contribution in [-0.2, 0) is 9.47 Å². The summed E-state index contributed by atoms with van der Waals surface area (Å²) in [6, 6.07) is 0.526. The molecule has 0 aromatic heterocycles. The molecule has 0 aromatic rings. The number of ether oxygens (including phenoxy) is 2. The van der Waals surface area contributed by atoms with Gasteiger partial charge in [0, 0.05) is 25.2 Å². The van der Waals surface area contributed by atoms with Crippen LogP contribution in [0.15, 0.2) is 0 Å². The maximum Gasteiger partial charge on any atom is 0.111 e. The Morgan fingerprint density at radius 2 is 1.92 bits per heavy atom. The molecule has 2 rings (SSSR count). The van der Waals surface area contributed by atoms with Gasteiger partial charge >= 0.3 is 0 Å². The fourth-order valence-electron chi connectivity index (χ4n) is 1.92. The first kappa shape index (κ1) is 11.2. The highest BCUT2D eigenvalue weighted by Crippen LogP contribution is 2.22. The van der Waals surface area contributed by atoms with Crippen molar-refractivity contribution in [2.75, 3.05) is 19.8 Å². The molecule has 78 valence electrons. The first-order valence-corrected chi connectivity index (χ1v) is 4.81. The zero-order chi connectivity index (χ0) is 8.39. The fraction of sp³-hybridized carbons (Fsp3) is 1.00. The van der Waals surface area contributed by atoms with E-state index in [-0.39, 0.29) is 12.4 Å². The van der Waals surface area contributed by atoms with Gasteiger partial charge in [-0.05, 0) is 19.8 Å². The van der Waals surface area contributed by atoms with Gasteiger partial charge in [-0.25, -0.2) is 0 Å². The highest BCUT2D eigenvalue weighted by atomic mass is 35.5. The number of halogens is 1. The van der Waals surface area contributed by atoms with Crippen LogP contribution in [0.25, 0.3) is 0 Å². The van der Waals surface area contributed by atoms with Gasteiger partial charge in [0.2, 0.25) is 0 Å². The van der Waals surface area contributed by atoms with Crippen LogP contribution in [-0.4, -0.2) is 32.1 Å². The third-order valence-corrected chi connectivity index (χ3v) is 2.67. The van der Waals surface area contributed by atoms with E-state index in [4.69, 9.17) is 9.47 Å². The van der Waals surface area contributed by atoms with E-state index in [2.05, 4.69) is 12.2 Å². The fourth-order valence-corrected chi connectivity index (χ4v) is 1.92. The molecule has 2 fully saturated rings. The summed E-state index contributed by atoms with van der Waals surface area (Å²) in [7, 11) is 0. The zero-order valence-corrected chi connectivity index (χ0v) is 8.81. The monoisotopic (exact) mass is 207 g/mol. The molecule has 0 bridgehead atoms. The quantitative estimate of drug-likeness (QED) is 0.700. The van der Waals surface area contributed by atoms with E-state index < -0.39 is 0 Å². The Bertz CT molecular complexity index is 148. The second-order valence-corrected chi connectivity index (χ2v) is 3.77. The van der Waals surface area contributed by atoms with Crippen molar-refractivity contribution in [3.63, 3.8) is 0 Å². The van der Waals surface area contributed by atoms with Crippen molar-refractivity contribution in [3.05, 3.63) is 0 Å². The van der Waals surface area contributed by atoms with Crippen LogP contribution in [0.1, 0.15) is 19.8 Å². The normalized spacial score (nSPS) is 35.8. The molecule has 1 N–H and O–H groups in total. The summed E-state index contributed by atoms with van der Waals surface area (Å²) >= 11 is 0. The van der Waals surface area contributed by atoms with E-state index in [1.165, 1.54) is 0 Å². The molecule has 0 amide bonds. The second kappa shape index (κ2) is 5.15. The lowest BCUT2D eigenvalue weighted by atomic mass is 9.98. The third kappa shape index (κ3) is 2.81. The van der Waals surface area contributed by atoms with Crippen LogP contribution in [0.5, 0.6) is 0 Å². The van der Waals surface area contributed by atoms with E-state index in [0.717, 1.165) is 32.7 Å². The van der Waals surface area contributed by atoms with Crippen molar-refractivity contribution in [3.8, 4) is 0 Å². The van der Waals surface area contributed by atoms with Gasteiger partial charge in [0.15, 0.2) is 0 Å². The van der Waals surface area contributed by atoms with Gasteiger partial charge in [0.1, 0.15) is 6.23 Å². The second-order valence-electron chi connectivity index (χ2n) is 3.77. The first-order valence-electron chi connectivity index (χ1n) is 4.81. The minimum atomic E-state index is 0. The van der Waals surface area contributed by atoms with E-state index in [0.29, 0.717) is 18.2 Å². The molecule has 0 spiro atoms. The molecular formula is C9H18ClNO2. The Kier molecular flexibility index (Phi) is 4.46. The van der Waals surface area contributed by atoms with E-state index in [1.54, 1.807) is 0 Å². The molecule has 0 aromatic carbocycles. The molecule has 2 aliphatic heterocycles. The van der Waals surface area contributed by atoms with Gasteiger partial charge in [0.25, 0.3) is 0 Å². The molecule has 2 aliphatic rings. The summed E-state index contributed by atoms with van der Waals surface area (Å²) in [5.74, 6) is 0.670. The van der Waals surface area contributed by atoms with Crippen molar-refractivity contribution >= 4 is 12.4 Å². The molecular weight excluding hydrogens is 190 g/mol. The first-order chi connectivity index (χ1) is 5.86. The molecule has 2 atom stereocenters. The molecule has 4 heteroatoms. The lowest BCUT2D eigenvalue weighted by Crippen LogP contribution is -2.37. The molecule has 13 heavy (non-hydrogen) atoms. The van der Waals surface area contributed by atoms with Crippen molar-refractivity contribution in [2.45, 2.75) is 32.0 Å². The standard InChI is InChI=1S/C9H17NO2.ClH/c1-7-6-12-9(10-7)8-2-4-11-5-3-8;/h7-10H,2-6H2,1H3;1H. The van der Waals surface area contributed by atoms with Crippen molar-refractivity contribution in [1.29, 1.82) is 0 Å². The van der Waals surface area contributed by atoms with Crippen LogP contribution in [0.2, 0.25) is 0 Å². The third-order valence-electron chi connectivity index (χ3n) is 2.67. The Morgan fingerprint density at radius 3 is 2.46 bits per heavy atom. The number of hydrogen-bond donors (Lipinski definition) is 1. The minimum Gasteiger partial charge on any atom is -0.381 e. The van der Waals surface area contributed by atoms with Crippen LogP contribution < -0.4 is 5.32 Å². The van der Waals surface area contributed by atoms with Crippen molar-refractivity contribution in [2.24, 2.45) is 5.92 Å². The van der Waals surface area contributed by atoms with Crippen molar-refractivity contribution < 1.29 is 9.47 Å². The van der Waals surface area contributed by atoms with Gasteiger partial charge in [-0.2, -0.15) is 0 Å². The zero-order valence-electron chi connectivity index (χ0n) is 7.99. The predicted molar refractivity (Wildman–Crippen MR) is 53.1 cm³/mol. The Balaban J connectivity index is 0.000000845. The number of nitrogens with one attached hydrogen (secondary N) is 1. The Hall–Kier alpha value is 0.170. The smallest absolute Gasteiger partial charge is 0.111 e. The molecule has 2 heterocycles. The molecule has 2 unspecified atom stereocenters. The molecule has 0 saturated carbocycles. The maximum atomic E-state index is 5.64. The average molecular weight is 208 g/mol. The number of hydrogen-bond acceptors (Lipinski definition) is 3. The lowest BCUT2D eigenvalue weighted by Gasteiger charge is -2.26. The summed E-state index contributed by atoms with van der Waals surface area (Å²) in [6.07, 6.45) is 2.58. The van der Waals surface area contributed by atoms with Crippen molar-refractivity contribution in [1.82, 2.24) is 5.32 Å². The van der Waals surface area contributed by atoms with E-state index >= 15 is 0 Å². The van der Waals surface area contributed by atoms with Gasteiger partial charge < -0.3 is 9.47 Å². The van der Waals surface area contributed by atoms with Gasteiger partial charge in [-0.1, -0.05) is 0 Å². The van der Waals surface area contributed by atoms with Crippen LogP contribution >= 0.6 is 12.4 Å². The maximum absolute atomic E-state index is 5.64. The summed E-state index contributed by atoms with van der Waals surface area (Å²) in [5, 5.41) is 3.45.